The fourth-order valence-corrected chi connectivity index (χ4v) is 5.03. The van der Waals surface area contributed by atoms with Gasteiger partial charge in [-0.2, -0.15) is 0 Å². The van der Waals surface area contributed by atoms with Gasteiger partial charge in [0.25, 0.3) is 0 Å². The van der Waals surface area contributed by atoms with Gasteiger partial charge in [-0.15, -0.1) is 13.2 Å². The molecule has 39 heavy (non-hydrogen) atoms. The molecule has 0 aliphatic heterocycles. The molecule has 0 heterocycles. The van der Waals surface area contributed by atoms with Crippen LogP contribution in [-0.4, -0.2) is 47.7 Å². The maximum absolute atomic E-state index is 13.3. The van der Waals surface area contributed by atoms with Crippen molar-refractivity contribution >= 4 is 17.8 Å². The molecule has 3 N–H and O–H groups in total. The Morgan fingerprint density at radius 1 is 1.08 bits per heavy atom. The summed E-state index contributed by atoms with van der Waals surface area (Å²) in [5.41, 5.74) is 0.0870. The number of rotatable bonds is 16. The Morgan fingerprint density at radius 3 is 2.31 bits per heavy atom. The highest BCUT2D eigenvalue weighted by Crippen LogP contribution is 2.29. The number of carbonyl (C=O) groups is 3. The Labute approximate surface area is 234 Å². The minimum atomic E-state index is -0.612. The van der Waals surface area contributed by atoms with E-state index >= 15 is 0 Å². The van der Waals surface area contributed by atoms with Gasteiger partial charge in [0.2, 0.25) is 11.8 Å². The maximum atomic E-state index is 13.3. The number of aliphatic hydroxyl groups excluding tert-OH is 1. The molecule has 2 amide bonds. The lowest BCUT2D eigenvalue weighted by Crippen LogP contribution is -2.52. The van der Waals surface area contributed by atoms with Gasteiger partial charge in [0.15, 0.2) is 0 Å². The number of allylic oxidation sites excluding steroid dienone is 2. The standard InChI is InChI=1S/C32H48N2O5/c1-6-8-17-26(20-24-15-10-9-11-16-24)30(38)39-22-27(31(3,4)5)33-29(37)25(14-7-2)21-28(36)34-32(23-35)18-12-13-19-32/h6-7,9-11,15-16,25-27,35H,1-2,8,12-14,17-23H2,3-5H3,(H,33,37)(H,34,36)/t25-,26+,27+/m0/s1. The molecule has 0 bridgehead atoms. The second-order valence-corrected chi connectivity index (χ2v) is 11.9. The van der Waals surface area contributed by atoms with Crippen molar-refractivity contribution in [3.05, 3.63) is 61.2 Å². The highest BCUT2D eigenvalue weighted by molar-refractivity contribution is 5.86. The summed E-state index contributed by atoms with van der Waals surface area (Å²) in [5, 5.41) is 15.9. The summed E-state index contributed by atoms with van der Waals surface area (Å²) >= 11 is 0. The van der Waals surface area contributed by atoms with E-state index in [-0.39, 0.29) is 43.3 Å². The summed E-state index contributed by atoms with van der Waals surface area (Å²) in [6.45, 7) is 13.4. The molecular weight excluding hydrogens is 492 g/mol. The van der Waals surface area contributed by atoms with E-state index in [0.717, 1.165) is 31.2 Å². The number of benzene rings is 1. The first kappa shape index (κ1) is 32.3. The number of hydrogen-bond donors (Lipinski definition) is 3. The molecule has 0 radical (unpaired) electrons. The van der Waals surface area contributed by atoms with E-state index in [4.69, 9.17) is 4.74 Å². The molecule has 216 valence electrons. The molecule has 1 aromatic carbocycles. The quantitative estimate of drug-likeness (QED) is 0.205. The molecule has 1 aromatic rings. The first-order chi connectivity index (χ1) is 18.5. The molecule has 0 spiro atoms. The van der Waals surface area contributed by atoms with Gasteiger partial charge < -0.3 is 20.5 Å². The second kappa shape index (κ2) is 15.6. The number of amides is 2. The van der Waals surface area contributed by atoms with E-state index in [1.807, 2.05) is 51.1 Å². The van der Waals surface area contributed by atoms with Gasteiger partial charge in [0.05, 0.1) is 30.0 Å². The fourth-order valence-electron chi connectivity index (χ4n) is 5.03. The highest BCUT2D eigenvalue weighted by atomic mass is 16.5. The van der Waals surface area contributed by atoms with Crippen molar-refractivity contribution in [2.45, 2.75) is 90.1 Å². The molecule has 0 saturated heterocycles. The Hall–Kier alpha value is -2.93. The molecule has 2 rings (SSSR count). The smallest absolute Gasteiger partial charge is 0.309 e. The average molecular weight is 541 g/mol. The summed E-state index contributed by atoms with van der Waals surface area (Å²) in [4.78, 5) is 39.3. The lowest BCUT2D eigenvalue weighted by atomic mass is 9.86. The van der Waals surface area contributed by atoms with Crippen LogP contribution in [0.2, 0.25) is 0 Å². The molecule has 7 nitrogen and oxygen atoms in total. The molecule has 1 fully saturated rings. The van der Waals surface area contributed by atoms with Crippen molar-refractivity contribution in [2.24, 2.45) is 17.3 Å². The Kier molecular flexibility index (Phi) is 12.9. The Balaban J connectivity index is 2.04. The average Bonchev–Trinajstić information content (AvgIpc) is 3.37. The second-order valence-electron chi connectivity index (χ2n) is 11.9. The normalized spacial score (nSPS) is 16.9. The van der Waals surface area contributed by atoms with Crippen LogP contribution in [-0.2, 0) is 25.5 Å². The van der Waals surface area contributed by atoms with Gasteiger partial charge in [-0.25, -0.2) is 0 Å². The van der Waals surface area contributed by atoms with Crippen molar-refractivity contribution in [3.8, 4) is 0 Å². The third kappa shape index (κ3) is 10.6. The summed E-state index contributed by atoms with van der Waals surface area (Å²) in [5.74, 6) is -1.75. The lowest BCUT2D eigenvalue weighted by molar-refractivity contribution is -0.151. The van der Waals surface area contributed by atoms with E-state index in [9.17, 15) is 19.5 Å². The monoisotopic (exact) mass is 540 g/mol. The van der Waals surface area contributed by atoms with Crippen molar-refractivity contribution in [1.82, 2.24) is 10.6 Å². The molecule has 1 aliphatic carbocycles. The van der Waals surface area contributed by atoms with Gasteiger partial charge >= 0.3 is 5.97 Å². The molecule has 0 aromatic heterocycles. The van der Waals surface area contributed by atoms with E-state index in [2.05, 4.69) is 23.8 Å². The van der Waals surface area contributed by atoms with Crippen LogP contribution in [0.3, 0.4) is 0 Å². The summed E-state index contributed by atoms with van der Waals surface area (Å²) in [6, 6.07) is 9.40. The van der Waals surface area contributed by atoms with Crippen LogP contribution < -0.4 is 10.6 Å². The summed E-state index contributed by atoms with van der Waals surface area (Å²) in [6.07, 6.45) is 9.08. The summed E-state index contributed by atoms with van der Waals surface area (Å²) < 4.78 is 5.79. The largest absolute Gasteiger partial charge is 0.463 e. The third-order valence-corrected chi connectivity index (χ3v) is 7.65. The number of nitrogens with one attached hydrogen (secondary N) is 2. The predicted molar refractivity (Wildman–Crippen MR) is 155 cm³/mol. The molecule has 1 aliphatic rings. The van der Waals surface area contributed by atoms with Crippen LogP contribution >= 0.6 is 0 Å². The Bertz CT molecular complexity index is 947. The van der Waals surface area contributed by atoms with Crippen LogP contribution in [0.4, 0.5) is 0 Å². The molecule has 3 atom stereocenters. The zero-order valence-electron chi connectivity index (χ0n) is 24.0. The van der Waals surface area contributed by atoms with Gasteiger partial charge in [-0.3, -0.25) is 14.4 Å². The van der Waals surface area contributed by atoms with Gasteiger partial charge in [-0.1, -0.05) is 76.1 Å². The van der Waals surface area contributed by atoms with Crippen molar-refractivity contribution in [2.75, 3.05) is 13.2 Å². The number of aliphatic hydroxyl groups is 1. The van der Waals surface area contributed by atoms with Crippen molar-refractivity contribution in [1.29, 1.82) is 0 Å². The van der Waals surface area contributed by atoms with E-state index in [0.29, 0.717) is 25.7 Å². The predicted octanol–water partition coefficient (Wildman–Crippen LogP) is 4.89. The molecular formula is C32H48N2O5. The minimum Gasteiger partial charge on any atom is -0.463 e. The van der Waals surface area contributed by atoms with Crippen LogP contribution in [0.5, 0.6) is 0 Å². The number of ether oxygens (including phenoxy) is 1. The molecule has 0 unspecified atom stereocenters. The zero-order valence-corrected chi connectivity index (χ0v) is 24.0. The van der Waals surface area contributed by atoms with Crippen LogP contribution in [0.1, 0.15) is 77.7 Å². The fraction of sp³-hybridized carbons (Fsp3) is 0.594. The first-order valence-corrected chi connectivity index (χ1v) is 14.2. The van der Waals surface area contributed by atoms with Crippen LogP contribution in [0.25, 0.3) is 0 Å². The zero-order chi connectivity index (χ0) is 28.9. The van der Waals surface area contributed by atoms with Crippen LogP contribution in [0.15, 0.2) is 55.6 Å². The van der Waals surface area contributed by atoms with E-state index in [1.54, 1.807) is 12.2 Å². The first-order valence-electron chi connectivity index (χ1n) is 14.2. The maximum Gasteiger partial charge on any atom is 0.309 e. The van der Waals surface area contributed by atoms with Gasteiger partial charge in [0.1, 0.15) is 6.61 Å². The van der Waals surface area contributed by atoms with Crippen molar-refractivity contribution in [3.63, 3.8) is 0 Å². The van der Waals surface area contributed by atoms with Crippen molar-refractivity contribution < 1.29 is 24.2 Å². The lowest BCUT2D eigenvalue weighted by Gasteiger charge is -2.33. The Morgan fingerprint density at radius 2 is 1.74 bits per heavy atom. The topological polar surface area (TPSA) is 105 Å². The molecule has 1 saturated carbocycles. The SMILES string of the molecule is C=CCC[C@H](Cc1ccccc1)C(=O)OC[C@@H](NC(=O)[C@@H](CC=C)CC(=O)NC1(CO)CCCC1)C(C)(C)C. The summed E-state index contributed by atoms with van der Waals surface area (Å²) in [7, 11) is 0. The van der Waals surface area contributed by atoms with Gasteiger partial charge in [-0.05, 0) is 49.5 Å². The van der Waals surface area contributed by atoms with E-state index < -0.39 is 22.9 Å². The van der Waals surface area contributed by atoms with E-state index in [1.165, 1.54) is 0 Å². The number of esters is 1. The highest BCUT2D eigenvalue weighted by Gasteiger charge is 2.36. The minimum absolute atomic E-state index is 0.00302. The number of carbonyl (C=O) groups excluding carboxylic acids is 3. The number of hydrogen-bond acceptors (Lipinski definition) is 5. The van der Waals surface area contributed by atoms with Gasteiger partial charge in [0, 0.05) is 6.42 Å². The third-order valence-electron chi connectivity index (χ3n) is 7.65. The van der Waals surface area contributed by atoms with Crippen LogP contribution in [0, 0.1) is 17.3 Å². The molecule has 7 heteroatoms.